The Morgan fingerprint density at radius 3 is 2.65 bits per heavy atom. The number of ether oxygens (including phenoxy) is 1. The number of thioether (sulfide) groups is 1. The van der Waals surface area contributed by atoms with Crippen molar-refractivity contribution in [2.75, 3.05) is 42.3 Å². The fourth-order valence-corrected chi connectivity index (χ4v) is 3.65. The highest BCUT2D eigenvalue weighted by Gasteiger charge is 2.33. The molecule has 0 unspecified atom stereocenters. The highest BCUT2D eigenvalue weighted by Crippen LogP contribution is 2.28. The third kappa shape index (κ3) is 6.07. The summed E-state index contributed by atoms with van der Waals surface area (Å²) in [7, 11) is 0. The fraction of sp³-hybridized carbons (Fsp3) is 0.471. The van der Waals surface area contributed by atoms with Crippen LogP contribution >= 0.6 is 11.8 Å². The van der Waals surface area contributed by atoms with Crippen molar-refractivity contribution >= 4 is 35.0 Å². The summed E-state index contributed by atoms with van der Waals surface area (Å²) < 4.78 is 45.5. The molecule has 168 valence electrons. The lowest BCUT2D eigenvalue weighted by Crippen LogP contribution is -2.38. The number of non-ortho nitro benzene ring substituents is 1. The Labute approximate surface area is 178 Å². The van der Waals surface area contributed by atoms with Gasteiger partial charge in [0.05, 0.1) is 23.9 Å². The molecule has 0 aliphatic carbocycles. The van der Waals surface area contributed by atoms with Crippen molar-refractivity contribution in [2.45, 2.75) is 24.8 Å². The van der Waals surface area contributed by atoms with Crippen molar-refractivity contribution in [3.05, 3.63) is 33.9 Å². The fourth-order valence-electron chi connectivity index (χ4n) is 2.92. The number of carbonyl (C=O) groups is 1. The van der Waals surface area contributed by atoms with E-state index in [0.717, 1.165) is 16.3 Å². The predicted molar refractivity (Wildman–Crippen MR) is 106 cm³/mol. The van der Waals surface area contributed by atoms with Crippen molar-refractivity contribution in [3.63, 3.8) is 0 Å². The van der Waals surface area contributed by atoms with Crippen molar-refractivity contribution in [2.24, 2.45) is 0 Å². The summed E-state index contributed by atoms with van der Waals surface area (Å²) in [5, 5.41) is 21.1. The van der Waals surface area contributed by atoms with Gasteiger partial charge in [0.2, 0.25) is 11.9 Å². The van der Waals surface area contributed by atoms with Crippen molar-refractivity contribution in [3.8, 4) is 0 Å². The van der Waals surface area contributed by atoms with Gasteiger partial charge in [-0.2, -0.15) is 13.2 Å². The average Bonchev–Trinajstić information content (AvgIpc) is 3.09. The van der Waals surface area contributed by atoms with Gasteiger partial charge in [0.15, 0.2) is 5.16 Å². The number of nitro groups is 1. The van der Waals surface area contributed by atoms with Gasteiger partial charge >= 0.3 is 6.18 Å². The molecule has 0 radical (unpaired) electrons. The molecular weight excluding hydrogens is 441 g/mol. The minimum Gasteiger partial charge on any atom is -0.378 e. The molecule has 0 atom stereocenters. The van der Waals surface area contributed by atoms with Crippen LogP contribution in [-0.2, 0) is 16.1 Å². The maximum absolute atomic E-state index is 13.1. The van der Waals surface area contributed by atoms with Gasteiger partial charge in [0.25, 0.3) is 5.69 Å². The number of aromatic nitrogens is 3. The molecule has 1 saturated heterocycles. The molecule has 31 heavy (non-hydrogen) atoms. The predicted octanol–water partition coefficient (Wildman–Crippen LogP) is 2.62. The molecule has 0 spiro atoms. The van der Waals surface area contributed by atoms with Crippen LogP contribution in [0.1, 0.15) is 5.56 Å². The summed E-state index contributed by atoms with van der Waals surface area (Å²) in [6.07, 6.45) is -4.49. The summed E-state index contributed by atoms with van der Waals surface area (Å²) in [6, 6.07) is 3.97. The average molecular weight is 460 g/mol. The number of anilines is 2. The van der Waals surface area contributed by atoms with E-state index in [1.165, 1.54) is 18.2 Å². The van der Waals surface area contributed by atoms with Crippen LogP contribution in [0.5, 0.6) is 0 Å². The van der Waals surface area contributed by atoms with E-state index in [4.69, 9.17) is 4.74 Å². The molecule has 0 saturated carbocycles. The SMILES string of the molecule is Cc1cc([N+](=O)[O-])ccc1NC(=O)CSc1nnc(N2CCOCC2)n1CC(F)(F)F. The number of morpholine rings is 1. The molecule has 14 heteroatoms. The van der Waals surface area contributed by atoms with E-state index in [9.17, 15) is 28.1 Å². The molecule has 1 aliphatic rings. The van der Waals surface area contributed by atoms with Gasteiger partial charge < -0.3 is 15.0 Å². The molecule has 10 nitrogen and oxygen atoms in total. The number of rotatable bonds is 7. The van der Waals surface area contributed by atoms with Gasteiger partial charge in [-0.25, -0.2) is 0 Å². The first kappa shape index (κ1) is 22.8. The highest BCUT2D eigenvalue weighted by atomic mass is 32.2. The molecule has 1 amide bonds. The number of carbonyl (C=O) groups excluding carboxylic acids is 1. The second kappa shape index (κ2) is 9.51. The van der Waals surface area contributed by atoms with Crippen molar-refractivity contribution < 1.29 is 27.6 Å². The van der Waals surface area contributed by atoms with Gasteiger partial charge in [-0.3, -0.25) is 19.5 Å². The Hall–Kier alpha value is -2.87. The van der Waals surface area contributed by atoms with Crippen LogP contribution < -0.4 is 10.2 Å². The Morgan fingerprint density at radius 1 is 1.32 bits per heavy atom. The largest absolute Gasteiger partial charge is 0.406 e. The molecule has 1 N–H and O–H groups in total. The van der Waals surface area contributed by atoms with Gasteiger partial charge in [0.1, 0.15) is 6.54 Å². The maximum atomic E-state index is 13.1. The number of hydrogen-bond acceptors (Lipinski definition) is 8. The molecule has 2 aromatic rings. The maximum Gasteiger partial charge on any atom is 0.406 e. The Morgan fingerprint density at radius 2 is 2.03 bits per heavy atom. The Bertz CT molecular complexity index is 962. The number of benzene rings is 1. The molecule has 1 fully saturated rings. The van der Waals surface area contributed by atoms with E-state index < -0.39 is 23.6 Å². The zero-order valence-corrected chi connectivity index (χ0v) is 17.2. The number of nitrogens with one attached hydrogen (secondary N) is 1. The molecular formula is C17H19F3N6O4S. The van der Waals surface area contributed by atoms with E-state index in [2.05, 4.69) is 15.5 Å². The summed E-state index contributed by atoms with van der Waals surface area (Å²) >= 11 is 0.825. The number of hydrogen-bond donors (Lipinski definition) is 1. The van der Waals surface area contributed by atoms with Crippen LogP contribution in [0.15, 0.2) is 23.4 Å². The molecule has 3 rings (SSSR count). The third-order valence-electron chi connectivity index (χ3n) is 4.36. The number of alkyl halides is 3. The topological polar surface area (TPSA) is 115 Å². The second-order valence-corrected chi connectivity index (χ2v) is 7.62. The quantitative estimate of drug-likeness (QED) is 0.381. The first-order chi connectivity index (χ1) is 14.6. The lowest BCUT2D eigenvalue weighted by Gasteiger charge is -2.28. The van der Waals surface area contributed by atoms with E-state index >= 15 is 0 Å². The number of nitro benzene ring substituents is 1. The smallest absolute Gasteiger partial charge is 0.378 e. The lowest BCUT2D eigenvalue weighted by atomic mass is 10.2. The van der Waals surface area contributed by atoms with Crippen LogP contribution in [0.25, 0.3) is 0 Å². The van der Waals surface area contributed by atoms with Crippen LogP contribution in [0.3, 0.4) is 0 Å². The van der Waals surface area contributed by atoms with Crippen LogP contribution in [0.4, 0.5) is 30.5 Å². The zero-order valence-electron chi connectivity index (χ0n) is 16.4. The summed E-state index contributed by atoms with van der Waals surface area (Å²) in [5.74, 6) is -0.624. The first-order valence-electron chi connectivity index (χ1n) is 9.14. The first-order valence-corrected chi connectivity index (χ1v) is 10.1. The van der Waals surface area contributed by atoms with E-state index in [1.54, 1.807) is 11.8 Å². The number of halogens is 3. The Kier molecular flexibility index (Phi) is 7.00. The van der Waals surface area contributed by atoms with Gasteiger partial charge in [-0.1, -0.05) is 11.8 Å². The molecule has 2 heterocycles. The normalized spacial score (nSPS) is 14.5. The monoisotopic (exact) mass is 460 g/mol. The highest BCUT2D eigenvalue weighted by molar-refractivity contribution is 7.99. The van der Waals surface area contributed by atoms with Crippen LogP contribution in [0, 0.1) is 17.0 Å². The van der Waals surface area contributed by atoms with E-state index in [-0.39, 0.29) is 22.5 Å². The zero-order chi connectivity index (χ0) is 22.6. The van der Waals surface area contributed by atoms with Gasteiger partial charge in [-0.15, -0.1) is 10.2 Å². The van der Waals surface area contributed by atoms with Crippen molar-refractivity contribution in [1.82, 2.24) is 14.8 Å². The van der Waals surface area contributed by atoms with Gasteiger partial charge in [-0.05, 0) is 18.6 Å². The van der Waals surface area contributed by atoms with Crippen LogP contribution in [-0.4, -0.2) is 63.8 Å². The molecule has 1 aliphatic heterocycles. The number of aryl methyl sites for hydroxylation is 1. The standard InChI is InChI=1S/C17H19F3N6O4S/c1-11-8-12(26(28)29)2-3-13(11)21-14(27)9-31-16-23-22-15(24-4-6-30-7-5-24)25(16)10-17(18,19)20/h2-3,8H,4-7,9-10H2,1H3,(H,21,27). The summed E-state index contributed by atoms with van der Waals surface area (Å²) in [4.78, 5) is 24.2. The summed E-state index contributed by atoms with van der Waals surface area (Å²) in [6.45, 7) is 1.85. The number of nitrogens with zero attached hydrogens (tertiary/aromatic N) is 5. The second-order valence-electron chi connectivity index (χ2n) is 6.68. The lowest BCUT2D eigenvalue weighted by molar-refractivity contribution is -0.384. The minimum absolute atomic E-state index is 0.0330. The van der Waals surface area contributed by atoms with Crippen LogP contribution in [0.2, 0.25) is 0 Å². The van der Waals surface area contributed by atoms with Gasteiger partial charge in [0, 0.05) is 30.9 Å². The molecule has 1 aromatic carbocycles. The number of amides is 1. The molecule has 0 bridgehead atoms. The summed E-state index contributed by atoms with van der Waals surface area (Å²) in [5.41, 5.74) is 0.755. The van der Waals surface area contributed by atoms with E-state index in [1.807, 2.05) is 0 Å². The van der Waals surface area contributed by atoms with Crippen molar-refractivity contribution in [1.29, 1.82) is 0 Å². The molecule has 1 aromatic heterocycles. The van der Waals surface area contributed by atoms with E-state index in [0.29, 0.717) is 37.6 Å². The Balaban J connectivity index is 1.69. The third-order valence-corrected chi connectivity index (χ3v) is 5.32. The minimum atomic E-state index is -4.49.